The zero-order valence-corrected chi connectivity index (χ0v) is 7.94. The molecule has 76 valence electrons. The van der Waals surface area contributed by atoms with Crippen LogP contribution in [-0.4, -0.2) is 28.6 Å². The summed E-state index contributed by atoms with van der Waals surface area (Å²) in [4.78, 5) is 13.2. The number of carbonyl (C=O) groups excluding carboxylic acids is 1. The first-order valence-electron chi connectivity index (χ1n) is 4.65. The van der Waals surface area contributed by atoms with Crippen LogP contribution >= 0.6 is 0 Å². The van der Waals surface area contributed by atoms with Crippen LogP contribution in [0.4, 0.5) is 0 Å². The fourth-order valence-electron chi connectivity index (χ4n) is 1.13. The number of isocyanates is 1. The third kappa shape index (κ3) is 6.46. The van der Waals surface area contributed by atoms with Crippen molar-refractivity contribution in [3.8, 4) is 0 Å². The molecule has 0 aromatic carbocycles. The smallest absolute Gasteiger partial charge is 0.235 e. The van der Waals surface area contributed by atoms with Crippen molar-refractivity contribution in [1.82, 2.24) is 0 Å². The number of aliphatic hydroxyl groups excluding tert-OH is 1. The minimum Gasteiger partial charge on any atom is -0.366 e. The molecule has 0 aliphatic rings. The fourth-order valence-corrected chi connectivity index (χ4v) is 1.13. The summed E-state index contributed by atoms with van der Waals surface area (Å²) in [5, 5.41) is 17.6. The second-order valence-electron chi connectivity index (χ2n) is 3.05. The quantitative estimate of drug-likeness (QED) is 0.270. The molecule has 0 aromatic rings. The van der Waals surface area contributed by atoms with E-state index < -0.39 is 12.3 Å². The zero-order valence-electron chi connectivity index (χ0n) is 7.94. The van der Waals surface area contributed by atoms with Gasteiger partial charge in [0.25, 0.3) is 0 Å². The molecular formula is C9H17NO3. The van der Waals surface area contributed by atoms with Crippen LogP contribution < -0.4 is 0 Å². The molecule has 4 heteroatoms. The molecule has 0 aliphatic carbocycles. The van der Waals surface area contributed by atoms with Gasteiger partial charge < -0.3 is 10.2 Å². The molecule has 0 fully saturated rings. The van der Waals surface area contributed by atoms with Crippen LogP contribution in [0.2, 0.25) is 0 Å². The Balaban J connectivity index is 3.63. The van der Waals surface area contributed by atoms with Crippen molar-refractivity contribution in [1.29, 1.82) is 0 Å². The summed E-state index contributed by atoms with van der Waals surface area (Å²) in [6, 6.07) is -0.700. The first kappa shape index (κ1) is 12.3. The Morgan fingerprint density at radius 1 is 1.31 bits per heavy atom. The zero-order chi connectivity index (χ0) is 10.1. The molecule has 0 saturated heterocycles. The summed E-state index contributed by atoms with van der Waals surface area (Å²) in [6.45, 7) is 2.10. The minimum atomic E-state index is -1.54. The summed E-state index contributed by atoms with van der Waals surface area (Å²) in [5.41, 5.74) is 0. The van der Waals surface area contributed by atoms with Crippen molar-refractivity contribution in [2.24, 2.45) is 4.99 Å². The van der Waals surface area contributed by atoms with Gasteiger partial charge >= 0.3 is 0 Å². The van der Waals surface area contributed by atoms with Crippen molar-refractivity contribution in [2.75, 3.05) is 0 Å². The largest absolute Gasteiger partial charge is 0.366 e. The predicted octanol–water partition coefficient (Wildman–Crippen LogP) is 0.972. The highest BCUT2D eigenvalue weighted by atomic mass is 16.5. The van der Waals surface area contributed by atoms with E-state index in [1.54, 1.807) is 0 Å². The molecular weight excluding hydrogens is 170 g/mol. The molecule has 1 atom stereocenters. The molecule has 0 aromatic heterocycles. The molecule has 13 heavy (non-hydrogen) atoms. The third-order valence-electron chi connectivity index (χ3n) is 1.92. The number of unbranched alkanes of at least 4 members (excludes halogenated alkanes) is 3. The van der Waals surface area contributed by atoms with Gasteiger partial charge in [0, 0.05) is 0 Å². The summed E-state index contributed by atoms with van der Waals surface area (Å²) in [5.74, 6) is 0. The Labute approximate surface area is 78.3 Å². The van der Waals surface area contributed by atoms with E-state index in [9.17, 15) is 4.79 Å². The molecule has 0 amide bonds. The topological polar surface area (TPSA) is 69.9 Å². The standard InChI is InChI=1S/C9H17NO3/c1-2-3-4-5-6-8(9(12)13)10-7-11/h8-9,12-13H,2-6H2,1H3. The van der Waals surface area contributed by atoms with E-state index in [2.05, 4.69) is 11.9 Å². The maximum atomic E-state index is 9.89. The van der Waals surface area contributed by atoms with E-state index in [-0.39, 0.29) is 0 Å². The summed E-state index contributed by atoms with van der Waals surface area (Å²) < 4.78 is 0. The van der Waals surface area contributed by atoms with E-state index in [0.717, 1.165) is 25.7 Å². The van der Waals surface area contributed by atoms with Gasteiger partial charge in [0.1, 0.15) is 6.04 Å². The van der Waals surface area contributed by atoms with Crippen LogP contribution in [0.25, 0.3) is 0 Å². The first-order chi connectivity index (χ1) is 6.22. The van der Waals surface area contributed by atoms with Gasteiger partial charge in [0.2, 0.25) is 6.08 Å². The van der Waals surface area contributed by atoms with Gasteiger partial charge in [-0.05, 0) is 6.42 Å². The predicted molar refractivity (Wildman–Crippen MR) is 48.9 cm³/mol. The van der Waals surface area contributed by atoms with E-state index >= 15 is 0 Å². The molecule has 0 heterocycles. The lowest BCUT2D eigenvalue weighted by Crippen LogP contribution is -2.23. The Morgan fingerprint density at radius 2 is 2.00 bits per heavy atom. The molecule has 0 rings (SSSR count). The van der Waals surface area contributed by atoms with E-state index in [1.165, 1.54) is 6.08 Å². The van der Waals surface area contributed by atoms with Gasteiger partial charge in [-0.2, -0.15) is 4.99 Å². The normalized spacial score (nSPS) is 12.6. The second-order valence-corrected chi connectivity index (χ2v) is 3.05. The second kappa shape index (κ2) is 7.92. The van der Waals surface area contributed by atoms with Crippen LogP contribution in [-0.2, 0) is 4.79 Å². The van der Waals surface area contributed by atoms with E-state index in [1.807, 2.05) is 0 Å². The van der Waals surface area contributed by atoms with Crippen LogP contribution in [0.3, 0.4) is 0 Å². The van der Waals surface area contributed by atoms with Crippen LogP contribution in [0.5, 0.6) is 0 Å². The molecule has 0 saturated carbocycles. The van der Waals surface area contributed by atoms with Crippen molar-refractivity contribution in [3.63, 3.8) is 0 Å². The monoisotopic (exact) mass is 187 g/mol. The van der Waals surface area contributed by atoms with Crippen molar-refractivity contribution in [3.05, 3.63) is 0 Å². The van der Waals surface area contributed by atoms with Crippen LogP contribution in [0.15, 0.2) is 4.99 Å². The molecule has 1 unspecified atom stereocenters. The minimum absolute atomic E-state index is 0.535. The molecule has 0 aliphatic heterocycles. The Hall–Kier alpha value is -0.700. The van der Waals surface area contributed by atoms with Gasteiger partial charge in [0.15, 0.2) is 6.29 Å². The highest BCUT2D eigenvalue weighted by Gasteiger charge is 2.14. The van der Waals surface area contributed by atoms with Crippen LogP contribution in [0, 0.1) is 0 Å². The maximum Gasteiger partial charge on any atom is 0.235 e. The fraction of sp³-hybridized carbons (Fsp3) is 0.889. The van der Waals surface area contributed by atoms with Gasteiger partial charge in [-0.25, -0.2) is 4.79 Å². The van der Waals surface area contributed by atoms with E-state index in [0.29, 0.717) is 6.42 Å². The molecule has 0 bridgehead atoms. The molecule has 0 spiro atoms. The summed E-state index contributed by atoms with van der Waals surface area (Å²) >= 11 is 0. The summed E-state index contributed by atoms with van der Waals surface area (Å²) in [6.07, 6.45) is 4.49. The van der Waals surface area contributed by atoms with Crippen molar-refractivity contribution in [2.45, 2.75) is 51.4 Å². The Kier molecular flexibility index (Phi) is 7.50. The third-order valence-corrected chi connectivity index (χ3v) is 1.92. The number of nitrogens with zero attached hydrogens (tertiary/aromatic N) is 1. The summed E-state index contributed by atoms with van der Waals surface area (Å²) in [7, 11) is 0. The number of hydrogen-bond donors (Lipinski definition) is 2. The van der Waals surface area contributed by atoms with Crippen molar-refractivity contribution >= 4 is 6.08 Å². The lowest BCUT2D eigenvalue weighted by molar-refractivity contribution is -0.0592. The first-order valence-corrected chi connectivity index (χ1v) is 4.65. The molecule has 2 N–H and O–H groups in total. The SMILES string of the molecule is CCCCCCC(N=C=O)C(O)O. The average Bonchev–Trinajstić information content (AvgIpc) is 2.10. The lowest BCUT2D eigenvalue weighted by Gasteiger charge is -2.11. The van der Waals surface area contributed by atoms with Gasteiger partial charge in [-0.15, -0.1) is 0 Å². The van der Waals surface area contributed by atoms with Gasteiger partial charge in [0.05, 0.1) is 0 Å². The van der Waals surface area contributed by atoms with Crippen molar-refractivity contribution < 1.29 is 15.0 Å². The average molecular weight is 187 g/mol. The van der Waals surface area contributed by atoms with E-state index in [4.69, 9.17) is 10.2 Å². The van der Waals surface area contributed by atoms with Crippen LogP contribution in [0.1, 0.15) is 39.0 Å². The molecule has 0 radical (unpaired) electrons. The van der Waals surface area contributed by atoms with Gasteiger partial charge in [-0.3, -0.25) is 0 Å². The number of aliphatic imine (C=N–C) groups is 1. The number of aliphatic hydroxyl groups is 2. The maximum absolute atomic E-state index is 9.89. The highest BCUT2D eigenvalue weighted by Crippen LogP contribution is 2.09. The lowest BCUT2D eigenvalue weighted by atomic mass is 10.1. The number of hydrogen-bond acceptors (Lipinski definition) is 4. The Morgan fingerprint density at radius 3 is 2.46 bits per heavy atom. The molecule has 4 nitrogen and oxygen atoms in total. The number of rotatable bonds is 7. The van der Waals surface area contributed by atoms with Gasteiger partial charge in [-0.1, -0.05) is 32.6 Å². The highest BCUT2D eigenvalue weighted by molar-refractivity contribution is 5.33. The Bertz CT molecular complexity index is 164.